The van der Waals surface area contributed by atoms with Crippen LogP contribution in [0.2, 0.25) is 0 Å². The van der Waals surface area contributed by atoms with Crippen molar-refractivity contribution in [1.29, 1.82) is 0 Å². The maximum Gasteiger partial charge on any atom is 0.337 e. The van der Waals surface area contributed by atoms with E-state index in [4.69, 9.17) is 0 Å². The third-order valence-corrected chi connectivity index (χ3v) is 4.26. The number of hydrogen-bond acceptors (Lipinski definition) is 4. The zero-order chi connectivity index (χ0) is 11.1. The van der Waals surface area contributed by atoms with Gasteiger partial charge in [0, 0.05) is 0 Å². The smallest absolute Gasteiger partial charge is 0.337 e. The van der Waals surface area contributed by atoms with Gasteiger partial charge in [-0.2, -0.15) is 0 Å². The van der Waals surface area contributed by atoms with Crippen LogP contribution in [-0.2, 0) is 21.0 Å². The topological polar surface area (TPSA) is 60.4 Å². The molecule has 1 heterocycles. The number of carbonyl (C=O) groups excluding carboxylic acids is 1. The molecule has 0 aliphatic carbocycles. The molecule has 4 nitrogen and oxygen atoms in total. The van der Waals surface area contributed by atoms with E-state index in [1.54, 1.807) is 12.1 Å². The highest BCUT2D eigenvalue weighted by Crippen LogP contribution is 2.26. The van der Waals surface area contributed by atoms with E-state index in [-0.39, 0.29) is 16.2 Å². The Morgan fingerprint density at radius 3 is 2.80 bits per heavy atom. The van der Waals surface area contributed by atoms with Crippen LogP contribution in [0.5, 0.6) is 0 Å². The van der Waals surface area contributed by atoms with E-state index in [1.165, 1.54) is 13.2 Å². The van der Waals surface area contributed by atoms with Crippen LogP contribution in [0.15, 0.2) is 23.1 Å². The van der Waals surface area contributed by atoms with Crippen molar-refractivity contribution < 1.29 is 17.9 Å². The second-order valence-corrected chi connectivity index (χ2v) is 5.46. The molecule has 0 saturated carbocycles. The Bertz CT molecular complexity index is 516. The fourth-order valence-electron chi connectivity index (χ4n) is 1.65. The summed E-state index contributed by atoms with van der Waals surface area (Å²) in [5.74, 6) is -0.382. The van der Waals surface area contributed by atoms with Crippen molar-refractivity contribution in [2.75, 3.05) is 12.9 Å². The number of methoxy groups -OCH3 is 1. The third kappa shape index (κ3) is 1.63. The molecule has 0 fully saturated rings. The van der Waals surface area contributed by atoms with Crippen LogP contribution in [0.4, 0.5) is 0 Å². The molecule has 0 saturated heterocycles. The number of sulfone groups is 1. The Kier molecular flexibility index (Phi) is 2.26. The number of benzene rings is 1. The Balaban J connectivity index is 2.56. The molecule has 15 heavy (non-hydrogen) atoms. The highest BCUT2D eigenvalue weighted by Gasteiger charge is 2.27. The summed E-state index contributed by atoms with van der Waals surface area (Å²) in [6.45, 7) is 0. The maximum atomic E-state index is 11.6. The van der Waals surface area contributed by atoms with Gasteiger partial charge >= 0.3 is 5.97 Å². The summed E-state index contributed by atoms with van der Waals surface area (Å²) in [5, 5.41) is 0. The highest BCUT2D eigenvalue weighted by molar-refractivity contribution is 7.91. The zero-order valence-corrected chi connectivity index (χ0v) is 9.00. The average molecular weight is 226 g/mol. The van der Waals surface area contributed by atoms with Gasteiger partial charge in [0.05, 0.1) is 23.3 Å². The van der Waals surface area contributed by atoms with Gasteiger partial charge in [-0.3, -0.25) is 0 Å². The first-order valence-corrected chi connectivity index (χ1v) is 6.14. The van der Waals surface area contributed by atoms with Crippen molar-refractivity contribution in [2.24, 2.45) is 0 Å². The molecule has 0 spiro atoms. The number of hydrogen-bond donors (Lipinski definition) is 0. The molecule has 1 aromatic carbocycles. The first kappa shape index (κ1) is 10.2. The van der Waals surface area contributed by atoms with Crippen molar-refractivity contribution in [1.82, 2.24) is 0 Å². The van der Waals surface area contributed by atoms with Crippen LogP contribution < -0.4 is 0 Å². The molecule has 1 aromatic rings. The molecule has 80 valence electrons. The number of fused-ring (bicyclic) bond motifs is 1. The maximum absolute atomic E-state index is 11.6. The average Bonchev–Trinajstić information content (AvgIpc) is 2.53. The molecule has 1 aliphatic heterocycles. The Morgan fingerprint density at radius 1 is 1.40 bits per heavy atom. The minimum atomic E-state index is -3.18. The molecular formula is C10H10O4S. The normalized spacial score (nSPS) is 17.1. The number of rotatable bonds is 1. The molecule has 0 bridgehead atoms. The number of carbonyl (C=O) groups is 1. The minimum Gasteiger partial charge on any atom is -0.465 e. The van der Waals surface area contributed by atoms with Crippen LogP contribution in [0.3, 0.4) is 0 Å². The summed E-state index contributed by atoms with van der Waals surface area (Å²) in [6, 6.07) is 4.65. The zero-order valence-electron chi connectivity index (χ0n) is 8.19. The van der Waals surface area contributed by atoms with Gasteiger partial charge in [-0.05, 0) is 24.1 Å². The van der Waals surface area contributed by atoms with Crippen molar-refractivity contribution >= 4 is 15.8 Å². The van der Waals surface area contributed by atoms with Gasteiger partial charge in [0.2, 0.25) is 0 Å². The van der Waals surface area contributed by atoms with Gasteiger partial charge in [-0.1, -0.05) is 6.07 Å². The van der Waals surface area contributed by atoms with E-state index in [0.717, 1.165) is 5.56 Å². The van der Waals surface area contributed by atoms with E-state index in [0.29, 0.717) is 6.42 Å². The fraction of sp³-hybridized carbons (Fsp3) is 0.300. The molecule has 1 aliphatic rings. The van der Waals surface area contributed by atoms with Gasteiger partial charge < -0.3 is 4.74 Å². The van der Waals surface area contributed by atoms with Crippen molar-refractivity contribution in [2.45, 2.75) is 11.3 Å². The lowest BCUT2D eigenvalue weighted by molar-refractivity contribution is 0.0600. The Labute approximate surface area is 87.8 Å². The first-order valence-electron chi connectivity index (χ1n) is 4.48. The van der Waals surface area contributed by atoms with Crippen LogP contribution in [0, 0.1) is 0 Å². The molecule has 0 unspecified atom stereocenters. The molecule has 0 N–H and O–H groups in total. The summed E-state index contributed by atoms with van der Waals surface area (Å²) < 4.78 is 27.7. The quantitative estimate of drug-likeness (QED) is 0.665. The van der Waals surface area contributed by atoms with Crippen molar-refractivity contribution in [3.63, 3.8) is 0 Å². The standard InChI is InChI=1S/C10H10O4S/c1-14-10(11)8-3-2-7-4-5-15(12,13)9(7)6-8/h2-3,6H,4-5H2,1H3. The van der Waals surface area contributed by atoms with Crippen molar-refractivity contribution in [3.8, 4) is 0 Å². The molecule has 0 amide bonds. The van der Waals surface area contributed by atoms with Crippen LogP contribution in [-0.4, -0.2) is 27.2 Å². The van der Waals surface area contributed by atoms with Crippen LogP contribution in [0.25, 0.3) is 0 Å². The summed E-state index contributed by atoms with van der Waals surface area (Å²) >= 11 is 0. The third-order valence-electron chi connectivity index (χ3n) is 2.46. The van der Waals surface area contributed by atoms with Crippen molar-refractivity contribution in [3.05, 3.63) is 29.3 Å². The second kappa shape index (κ2) is 3.34. The second-order valence-electron chi connectivity index (χ2n) is 3.38. The summed E-state index contributed by atoms with van der Waals surface area (Å²) in [5.41, 5.74) is 1.06. The summed E-state index contributed by atoms with van der Waals surface area (Å²) in [4.78, 5) is 11.5. The van der Waals surface area contributed by atoms with E-state index in [9.17, 15) is 13.2 Å². The SMILES string of the molecule is COC(=O)c1ccc2c(c1)S(=O)(=O)CC2. The largest absolute Gasteiger partial charge is 0.465 e. The Morgan fingerprint density at radius 2 is 2.13 bits per heavy atom. The van der Waals surface area contributed by atoms with Crippen LogP contribution in [0.1, 0.15) is 15.9 Å². The monoisotopic (exact) mass is 226 g/mol. The van der Waals surface area contributed by atoms with Gasteiger partial charge in [0.25, 0.3) is 0 Å². The summed E-state index contributed by atoms with van der Waals surface area (Å²) in [6.07, 6.45) is 0.527. The first-order chi connectivity index (χ1) is 7.04. The number of aryl methyl sites for hydroxylation is 1. The summed E-state index contributed by atoms with van der Waals surface area (Å²) in [7, 11) is -1.91. The lowest BCUT2D eigenvalue weighted by Crippen LogP contribution is -2.04. The molecule has 0 radical (unpaired) electrons. The molecule has 5 heteroatoms. The lowest BCUT2D eigenvalue weighted by Gasteiger charge is -2.02. The fourth-order valence-corrected chi connectivity index (χ4v) is 3.23. The molecule has 0 aromatic heterocycles. The van der Waals surface area contributed by atoms with Crippen LogP contribution >= 0.6 is 0 Å². The molecule has 2 rings (SSSR count). The van der Waals surface area contributed by atoms with E-state index >= 15 is 0 Å². The number of esters is 1. The van der Waals surface area contributed by atoms with Gasteiger partial charge in [0.1, 0.15) is 0 Å². The van der Waals surface area contributed by atoms with Gasteiger partial charge in [0.15, 0.2) is 9.84 Å². The number of ether oxygens (including phenoxy) is 1. The minimum absolute atomic E-state index is 0.132. The van der Waals surface area contributed by atoms with E-state index in [1.807, 2.05) is 0 Å². The molecular weight excluding hydrogens is 216 g/mol. The predicted octanol–water partition coefficient (Wildman–Crippen LogP) is 0.803. The lowest BCUT2D eigenvalue weighted by atomic mass is 10.1. The van der Waals surface area contributed by atoms with E-state index < -0.39 is 15.8 Å². The highest BCUT2D eigenvalue weighted by atomic mass is 32.2. The Hall–Kier alpha value is -1.36. The molecule has 0 atom stereocenters. The van der Waals surface area contributed by atoms with Gasteiger partial charge in [-0.15, -0.1) is 0 Å². The van der Waals surface area contributed by atoms with E-state index in [2.05, 4.69) is 4.74 Å². The predicted molar refractivity (Wildman–Crippen MR) is 53.5 cm³/mol. The van der Waals surface area contributed by atoms with Gasteiger partial charge in [-0.25, -0.2) is 13.2 Å².